The zero-order valence-corrected chi connectivity index (χ0v) is 17.0. The van der Waals surface area contributed by atoms with Crippen molar-refractivity contribution in [3.63, 3.8) is 0 Å². The van der Waals surface area contributed by atoms with E-state index in [0.29, 0.717) is 24.7 Å². The minimum Gasteiger partial charge on any atom is -0.495 e. The Hall–Kier alpha value is -2.96. The van der Waals surface area contributed by atoms with Gasteiger partial charge in [-0.15, -0.1) is 0 Å². The Balaban J connectivity index is 1.66. The maximum atomic E-state index is 12.8. The molecule has 0 unspecified atom stereocenters. The number of urea groups is 1. The third-order valence-corrected chi connectivity index (χ3v) is 5.09. The van der Waals surface area contributed by atoms with E-state index in [0.717, 1.165) is 42.2 Å². The SMILES string of the molecule is CCc1cc(NC(=O)N2CCN(c3ccccc3OC)CC2)c(OC)nc1C. The smallest absolute Gasteiger partial charge is 0.322 e. The predicted molar refractivity (Wildman–Crippen MR) is 111 cm³/mol. The summed E-state index contributed by atoms with van der Waals surface area (Å²) in [5.41, 5.74) is 3.68. The van der Waals surface area contributed by atoms with Crippen molar-refractivity contribution in [2.24, 2.45) is 0 Å². The number of anilines is 2. The molecule has 2 amide bonds. The fourth-order valence-electron chi connectivity index (χ4n) is 3.46. The normalized spacial score (nSPS) is 14.0. The van der Waals surface area contributed by atoms with Gasteiger partial charge >= 0.3 is 6.03 Å². The first kappa shape index (κ1) is 19.8. The number of para-hydroxylation sites is 2. The number of nitrogens with one attached hydrogen (secondary N) is 1. The van der Waals surface area contributed by atoms with Crippen molar-refractivity contribution >= 4 is 17.4 Å². The molecule has 1 aromatic heterocycles. The third-order valence-electron chi connectivity index (χ3n) is 5.09. The second-order valence-electron chi connectivity index (χ2n) is 6.72. The summed E-state index contributed by atoms with van der Waals surface area (Å²) in [6.45, 7) is 6.77. The molecule has 7 nitrogen and oxygen atoms in total. The quantitative estimate of drug-likeness (QED) is 0.857. The number of rotatable bonds is 5. The van der Waals surface area contributed by atoms with Gasteiger partial charge < -0.3 is 24.6 Å². The molecule has 2 heterocycles. The number of nitrogens with zero attached hydrogens (tertiary/aromatic N) is 3. The number of ether oxygens (including phenoxy) is 2. The average Bonchev–Trinajstić information content (AvgIpc) is 2.74. The van der Waals surface area contributed by atoms with Crippen LogP contribution in [0.15, 0.2) is 30.3 Å². The van der Waals surface area contributed by atoms with Crippen molar-refractivity contribution in [1.82, 2.24) is 9.88 Å². The highest BCUT2D eigenvalue weighted by Gasteiger charge is 2.24. The lowest BCUT2D eigenvalue weighted by atomic mass is 10.1. The number of aromatic nitrogens is 1. The third kappa shape index (κ3) is 4.13. The Morgan fingerprint density at radius 3 is 2.50 bits per heavy atom. The molecule has 0 aliphatic carbocycles. The van der Waals surface area contributed by atoms with Crippen LogP contribution in [0.25, 0.3) is 0 Å². The van der Waals surface area contributed by atoms with E-state index >= 15 is 0 Å². The van der Waals surface area contributed by atoms with Gasteiger partial charge in [0.1, 0.15) is 11.4 Å². The molecule has 7 heteroatoms. The van der Waals surface area contributed by atoms with Crippen molar-refractivity contribution in [2.45, 2.75) is 20.3 Å². The number of pyridine rings is 1. The molecule has 0 spiro atoms. The highest BCUT2D eigenvalue weighted by atomic mass is 16.5. The van der Waals surface area contributed by atoms with Crippen LogP contribution in [0.4, 0.5) is 16.2 Å². The standard InChI is InChI=1S/C21H28N4O3/c1-5-16-14-17(20(28-4)22-15(16)2)23-21(26)25-12-10-24(11-13-25)18-8-6-7-9-19(18)27-3/h6-9,14H,5,10-13H2,1-4H3,(H,23,26). The molecule has 1 saturated heterocycles. The second kappa shape index (κ2) is 8.82. The average molecular weight is 384 g/mol. The molecule has 0 atom stereocenters. The number of aryl methyl sites for hydroxylation is 2. The maximum Gasteiger partial charge on any atom is 0.322 e. The number of hydrogen-bond acceptors (Lipinski definition) is 5. The van der Waals surface area contributed by atoms with Crippen LogP contribution < -0.4 is 19.7 Å². The summed E-state index contributed by atoms with van der Waals surface area (Å²) in [5.74, 6) is 1.29. The van der Waals surface area contributed by atoms with Crippen LogP contribution in [-0.4, -0.2) is 56.3 Å². The van der Waals surface area contributed by atoms with E-state index in [1.54, 1.807) is 14.2 Å². The van der Waals surface area contributed by atoms with Gasteiger partial charge in [-0.25, -0.2) is 9.78 Å². The molecule has 1 aromatic carbocycles. The van der Waals surface area contributed by atoms with Gasteiger partial charge in [-0.2, -0.15) is 0 Å². The van der Waals surface area contributed by atoms with Crippen LogP contribution in [0.3, 0.4) is 0 Å². The zero-order chi connectivity index (χ0) is 20.1. The van der Waals surface area contributed by atoms with Crippen LogP contribution in [0.2, 0.25) is 0 Å². The minimum atomic E-state index is -0.134. The van der Waals surface area contributed by atoms with Crippen LogP contribution >= 0.6 is 0 Å². The van der Waals surface area contributed by atoms with Gasteiger partial charge in [-0.05, 0) is 37.1 Å². The fraction of sp³-hybridized carbons (Fsp3) is 0.429. The van der Waals surface area contributed by atoms with E-state index in [2.05, 4.69) is 22.1 Å². The molecular weight excluding hydrogens is 356 g/mol. The second-order valence-corrected chi connectivity index (χ2v) is 6.72. The van der Waals surface area contributed by atoms with Gasteiger partial charge in [0.2, 0.25) is 5.88 Å². The molecule has 28 heavy (non-hydrogen) atoms. The lowest BCUT2D eigenvalue weighted by molar-refractivity contribution is 0.208. The Morgan fingerprint density at radius 1 is 1.14 bits per heavy atom. The Bertz CT molecular complexity index is 832. The van der Waals surface area contributed by atoms with Gasteiger partial charge in [0.25, 0.3) is 0 Å². The predicted octanol–water partition coefficient (Wildman–Crippen LogP) is 3.32. The number of hydrogen-bond donors (Lipinski definition) is 1. The molecule has 1 aliphatic heterocycles. The molecule has 0 radical (unpaired) electrons. The Labute approximate surface area is 166 Å². The first-order valence-electron chi connectivity index (χ1n) is 9.55. The molecule has 3 rings (SSSR count). The highest BCUT2D eigenvalue weighted by molar-refractivity contribution is 5.91. The van der Waals surface area contributed by atoms with E-state index in [9.17, 15) is 4.79 Å². The molecule has 1 N–H and O–H groups in total. The van der Waals surface area contributed by atoms with Crippen LogP contribution in [0.1, 0.15) is 18.2 Å². The van der Waals surface area contributed by atoms with Gasteiger partial charge in [-0.1, -0.05) is 19.1 Å². The van der Waals surface area contributed by atoms with Gasteiger partial charge in [0.15, 0.2) is 0 Å². The van der Waals surface area contributed by atoms with Crippen molar-refractivity contribution < 1.29 is 14.3 Å². The van der Waals surface area contributed by atoms with Gasteiger partial charge in [-0.3, -0.25) is 0 Å². The molecule has 2 aromatic rings. The molecule has 150 valence electrons. The Kier molecular flexibility index (Phi) is 6.23. The van der Waals surface area contributed by atoms with Crippen molar-refractivity contribution in [2.75, 3.05) is 50.6 Å². The molecule has 0 bridgehead atoms. The van der Waals surface area contributed by atoms with E-state index in [-0.39, 0.29) is 6.03 Å². The van der Waals surface area contributed by atoms with Crippen molar-refractivity contribution in [1.29, 1.82) is 0 Å². The number of piperazine rings is 1. The summed E-state index contributed by atoms with van der Waals surface area (Å²) < 4.78 is 10.8. The molecule has 1 fully saturated rings. The summed E-state index contributed by atoms with van der Waals surface area (Å²) >= 11 is 0. The lowest BCUT2D eigenvalue weighted by Crippen LogP contribution is -2.50. The van der Waals surface area contributed by atoms with E-state index in [1.165, 1.54) is 0 Å². The largest absolute Gasteiger partial charge is 0.495 e. The summed E-state index contributed by atoms with van der Waals surface area (Å²) in [6.07, 6.45) is 0.850. The van der Waals surface area contributed by atoms with Gasteiger partial charge in [0, 0.05) is 31.9 Å². The van der Waals surface area contributed by atoms with Crippen molar-refractivity contribution in [3.05, 3.63) is 41.6 Å². The lowest BCUT2D eigenvalue weighted by Gasteiger charge is -2.36. The molecule has 0 saturated carbocycles. The van der Waals surface area contributed by atoms with Crippen molar-refractivity contribution in [3.8, 4) is 11.6 Å². The van der Waals surface area contributed by atoms with Crippen LogP contribution in [-0.2, 0) is 6.42 Å². The summed E-state index contributed by atoms with van der Waals surface area (Å²) in [6, 6.07) is 9.77. The molecular formula is C21H28N4O3. The zero-order valence-electron chi connectivity index (χ0n) is 17.0. The fourth-order valence-corrected chi connectivity index (χ4v) is 3.46. The summed E-state index contributed by atoms with van der Waals surface area (Å²) in [5, 5.41) is 2.97. The summed E-state index contributed by atoms with van der Waals surface area (Å²) in [7, 11) is 3.24. The molecule has 1 aliphatic rings. The summed E-state index contributed by atoms with van der Waals surface area (Å²) in [4.78, 5) is 21.3. The van der Waals surface area contributed by atoms with E-state index in [4.69, 9.17) is 9.47 Å². The number of amides is 2. The first-order chi connectivity index (χ1) is 13.6. The van der Waals surface area contributed by atoms with E-state index < -0.39 is 0 Å². The number of benzene rings is 1. The first-order valence-corrected chi connectivity index (χ1v) is 9.55. The monoisotopic (exact) mass is 384 g/mol. The number of methoxy groups -OCH3 is 2. The van der Waals surface area contributed by atoms with E-state index in [1.807, 2.05) is 42.2 Å². The maximum absolute atomic E-state index is 12.8. The number of carbonyl (C=O) groups is 1. The minimum absolute atomic E-state index is 0.134. The topological polar surface area (TPSA) is 66.9 Å². The van der Waals surface area contributed by atoms with Crippen LogP contribution in [0.5, 0.6) is 11.6 Å². The van der Waals surface area contributed by atoms with Gasteiger partial charge in [0.05, 0.1) is 19.9 Å². The highest BCUT2D eigenvalue weighted by Crippen LogP contribution is 2.29. The number of carbonyl (C=O) groups excluding carboxylic acids is 1. The Morgan fingerprint density at radius 2 is 1.86 bits per heavy atom. The van der Waals surface area contributed by atoms with Crippen LogP contribution in [0, 0.1) is 6.92 Å².